The van der Waals surface area contributed by atoms with Crippen molar-refractivity contribution in [3.05, 3.63) is 0 Å². The monoisotopic (exact) mass is 294 g/mol. The number of alkyl halides is 3. The Bertz CT molecular complexity index is 407. The van der Waals surface area contributed by atoms with E-state index in [1.54, 1.807) is 5.32 Å². The van der Waals surface area contributed by atoms with Crippen molar-refractivity contribution in [2.24, 2.45) is 0 Å². The van der Waals surface area contributed by atoms with Crippen molar-refractivity contribution in [2.45, 2.75) is 57.0 Å². The van der Waals surface area contributed by atoms with E-state index in [9.17, 15) is 22.8 Å². The third kappa shape index (κ3) is 2.25. The number of halogens is 3. The van der Waals surface area contributed by atoms with Crippen LogP contribution in [0.1, 0.15) is 39.0 Å². The average molecular weight is 294 g/mol. The maximum absolute atomic E-state index is 13.2. The molecule has 1 saturated heterocycles. The lowest BCUT2D eigenvalue weighted by Gasteiger charge is -2.31. The summed E-state index contributed by atoms with van der Waals surface area (Å²) in [6, 6.07) is -1.49. The summed E-state index contributed by atoms with van der Waals surface area (Å²) in [7, 11) is 0. The van der Waals surface area contributed by atoms with Crippen LogP contribution < -0.4 is 5.32 Å². The van der Waals surface area contributed by atoms with Crippen LogP contribution in [0.3, 0.4) is 0 Å². The SMILES string of the molecule is CCO[C@]1(C(F)(F)F)NC(=O)N(C2CCCCC2)C1=O. The zero-order valence-corrected chi connectivity index (χ0v) is 11.1. The summed E-state index contributed by atoms with van der Waals surface area (Å²) in [5, 5.41) is 1.70. The normalized spacial score (nSPS) is 28.9. The molecule has 0 unspecified atom stereocenters. The molecule has 8 heteroatoms. The van der Waals surface area contributed by atoms with Crippen molar-refractivity contribution < 1.29 is 27.5 Å². The lowest BCUT2D eigenvalue weighted by molar-refractivity contribution is -0.270. The van der Waals surface area contributed by atoms with Gasteiger partial charge in [0.2, 0.25) is 0 Å². The third-order valence-corrected chi connectivity index (χ3v) is 3.72. The van der Waals surface area contributed by atoms with Gasteiger partial charge in [-0.2, -0.15) is 13.2 Å². The van der Waals surface area contributed by atoms with Crippen LogP contribution in [0.25, 0.3) is 0 Å². The first-order valence-corrected chi connectivity index (χ1v) is 6.70. The number of nitrogens with one attached hydrogen (secondary N) is 1. The summed E-state index contributed by atoms with van der Waals surface area (Å²) in [5.74, 6) is -1.34. The van der Waals surface area contributed by atoms with E-state index < -0.39 is 29.9 Å². The molecule has 2 rings (SSSR count). The van der Waals surface area contributed by atoms with E-state index in [0.29, 0.717) is 17.7 Å². The van der Waals surface area contributed by atoms with Gasteiger partial charge in [0, 0.05) is 12.6 Å². The highest BCUT2D eigenvalue weighted by molar-refractivity contribution is 6.07. The van der Waals surface area contributed by atoms with Crippen LogP contribution in [0, 0.1) is 0 Å². The van der Waals surface area contributed by atoms with Crippen molar-refractivity contribution in [2.75, 3.05) is 6.61 Å². The molecule has 5 nitrogen and oxygen atoms in total. The van der Waals surface area contributed by atoms with Crippen LogP contribution in [0.4, 0.5) is 18.0 Å². The molecule has 0 bridgehead atoms. The van der Waals surface area contributed by atoms with Gasteiger partial charge in [-0.25, -0.2) is 4.79 Å². The van der Waals surface area contributed by atoms with Crippen molar-refractivity contribution in [1.29, 1.82) is 0 Å². The summed E-state index contributed by atoms with van der Waals surface area (Å²) in [6.45, 7) is 1.01. The van der Waals surface area contributed by atoms with E-state index in [4.69, 9.17) is 0 Å². The average Bonchev–Trinajstić information content (AvgIpc) is 2.63. The first-order valence-electron chi connectivity index (χ1n) is 6.70. The molecule has 1 N–H and O–H groups in total. The van der Waals surface area contributed by atoms with Gasteiger partial charge in [0.15, 0.2) is 0 Å². The number of ether oxygens (including phenoxy) is 1. The third-order valence-electron chi connectivity index (χ3n) is 3.72. The molecule has 0 aromatic rings. The molecule has 1 atom stereocenters. The zero-order chi connectivity index (χ0) is 15.0. The molecule has 1 heterocycles. The van der Waals surface area contributed by atoms with Gasteiger partial charge in [-0.15, -0.1) is 0 Å². The van der Waals surface area contributed by atoms with Crippen molar-refractivity contribution in [1.82, 2.24) is 10.2 Å². The number of nitrogens with zero attached hydrogens (tertiary/aromatic N) is 1. The molecule has 1 saturated carbocycles. The van der Waals surface area contributed by atoms with E-state index in [1.165, 1.54) is 6.92 Å². The largest absolute Gasteiger partial charge is 0.446 e. The predicted molar refractivity (Wildman–Crippen MR) is 62.7 cm³/mol. The summed E-state index contributed by atoms with van der Waals surface area (Å²) in [6.07, 6.45) is -1.33. The zero-order valence-electron chi connectivity index (χ0n) is 11.1. The number of hydrogen-bond donors (Lipinski definition) is 1. The van der Waals surface area contributed by atoms with Crippen LogP contribution in [0.5, 0.6) is 0 Å². The van der Waals surface area contributed by atoms with Gasteiger partial charge >= 0.3 is 17.9 Å². The lowest BCUT2D eigenvalue weighted by atomic mass is 9.94. The van der Waals surface area contributed by atoms with Crippen molar-refractivity contribution in [3.8, 4) is 0 Å². The fourth-order valence-corrected chi connectivity index (χ4v) is 2.79. The Hall–Kier alpha value is -1.31. The summed E-state index contributed by atoms with van der Waals surface area (Å²) in [4.78, 5) is 24.7. The Morgan fingerprint density at radius 2 is 1.90 bits per heavy atom. The summed E-state index contributed by atoms with van der Waals surface area (Å²) < 4.78 is 44.2. The maximum atomic E-state index is 13.2. The minimum absolute atomic E-state index is 0.329. The quantitative estimate of drug-likeness (QED) is 0.812. The molecule has 2 aliphatic rings. The molecule has 1 aliphatic carbocycles. The first kappa shape index (κ1) is 15.1. The molecule has 3 amide bonds. The van der Waals surface area contributed by atoms with Crippen LogP contribution in [0.15, 0.2) is 0 Å². The molecule has 2 fully saturated rings. The first-order chi connectivity index (χ1) is 9.33. The number of urea groups is 1. The fraction of sp³-hybridized carbons (Fsp3) is 0.833. The van der Waals surface area contributed by atoms with Gasteiger partial charge in [0.05, 0.1) is 0 Å². The summed E-state index contributed by atoms with van der Waals surface area (Å²) >= 11 is 0. The van der Waals surface area contributed by atoms with Gasteiger partial charge in [-0.1, -0.05) is 19.3 Å². The highest BCUT2D eigenvalue weighted by Crippen LogP contribution is 2.38. The maximum Gasteiger partial charge on any atom is 0.446 e. The highest BCUT2D eigenvalue weighted by Gasteiger charge is 2.69. The predicted octanol–water partition coefficient (Wildman–Crippen LogP) is 2.17. The Kier molecular flexibility index (Phi) is 3.95. The minimum Gasteiger partial charge on any atom is -0.340 e. The van der Waals surface area contributed by atoms with Gasteiger partial charge < -0.3 is 4.74 Å². The molecule has 0 aromatic carbocycles. The van der Waals surface area contributed by atoms with E-state index in [-0.39, 0.29) is 6.61 Å². The van der Waals surface area contributed by atoms with Crippen LogP contribution in [0.2, 0.25) is 0 Å². The van der Waals surface area contributed by atoms with Gasteiger partial charge in [-0.3, -0.25) is 15.0 Å². The van der Waals surface area contributed by atoms with Crippen molar-refractivity contribution >= 4 is 11.9 Å². The van der Waals surface area contributed by atoms with E-state index in [0.717, 1.165) is 19.3 Å². The number of hydrogen-bond acceptors (Lipinski definition) is 3. The van der Waals surface area contributed by atoms with Crippen LogP contribution in [-0.4, -0.2) is 41.4 Å². The molecular formula is C12H17F3N2O3. The van der Waals surface area contributed by atoms with Gasteiger partial charge in [0.25, 0.3) is 5.91 Å². The number of carbonyl (C=O) groups is 2. The molecule has 1 aliphatic heterocycles. The highest BCUT2D eigenvalue weighted by atomic mass is 19.4. The second-order valence-electron chi connectivity index (χ2n) is 5.01. The topological polar surface area (TPSA) is 58.6 Å². The van der Waals surface area contributed by atoms with E-state index in [1.807, 2.05) is 0 Å². The van der Waals surface area contributed by atoms with Crippen LogP contribution in [-0.2, 0) is 9.53 Å². The Labute approximate surface area is 114 Å². The lowest BCUT2D eigenvalue weighted by Crippen LogP contribution is -2.61. The molecule has 114 valence electrons. The Morgan fingerprint density at radius 1 is 1.30 bits per heavy atom. The van der Waals surface area contributed by atoms with Crippen molar-refractivity contribution in [3.63, 3.8) is 0 Å². The van der Waals surface area contributed by atoms with Crippen LogP contribution >= 0.6 is 0 Å². The summed E-state index contributed by atoms with van der Waals surface area (Å²) in [5.41, 5.74) is -3.23. The molecule has 0 radical (unpaired) electrons. The van der Waals surface area contributed by atoms with Gasteiger partial charge in [-0.05, 0) is 19.8 Å². The number of imide groups is 1. The Morgan fingerprint density at radius 3 is 2.40 bits per heavy atom. The second kappa shape index (κ2) is 5.23. The molecule has 0 spiro atoms. The smallest absolute Gasteiger partial charge is 0.340 e. The fourth-order valence-electron chi connectivity index (χ4n) is 2.79. The van der Waals surface area contributed by atoms with E-state index >= 15 is 0 Å². The number of rotatable bonds is 3. The van der Waals surface area contributed by atoms with E-state index in [2.05, 4.69) is 4.74 Å². The van der Waals surface area contributed by atoms with Gasteiger partial charge in [0.1, 0.15) is 0 Å². The molecular weight excluding hydrogens is 277 g/mol. The number of carbonyl (C=O) groups excluding carboxylic acids is 2. The molecule has 0 aromatic heterocycles. The second-order valence-corrected chi connectivity index (χ2v) is 5.01. The molecule has 20 heavy (non-hydrogen) atoms. The standard InChI is InChI=1S/C12H17F3N2O3/c1-2-20-11(12(13,14)15)9(18)17(10(19)16-11)8-6-4-3-5-7-8/h8H,2-7H2,1H3,(H,16,19)/t11-/m1/s1. The number of amides is 3. The minimum atomic E-state index is -4.99. The Balaban J connectivity index is 2.30.